The Morgan fingerprint density at radius 2 is 1.63 bits per heavy atom. The summed E-state index contributed by atoms with van der Waals surface area (Å²) in [5, 5.41) is 35.3. The maximum absolute atomic E-state index is 14.1. The first-order chi connectivity index (χ1) is 30.1. The number of phenolic OH excluding ortho intramolecular Hbond substituents is 1. The average molecular weight is 875 g/mol. The van der Waals surface area contributed by atoms with Gasteiger partial charge in [0.25, 0.3) is 0 Å². The summed E-state index contributed by atoms with van der Waals surface area (Å²) in [5.41, 5.74) is 14.6. The van der Waals surface area contributed by atoms with Crippen LogP contribution in [0.3, 0.4) is 0 Å². The van der Waals surface area contributed by atoms with Gasteiger partial charge in [-0.2, -0.15) is 0 Å². The van der Waals surface area contributed by atoms with Crippen LogP contribution >= 0.6 is 11.3 Å². The molecule has 63 heavy (non-hydrogen) atoms. The van der Waals surface area contributed by atoms with Crippen LogP contribution in [0.25, 0.3) is 21.7 Å². The Hall–Kier alpha value is -6.10. The lowest BCUT2D eigenvalue weighted by Crippen LogP contribution is -2.57. The lowest BCUT2D eigenvalue weighted by molar-refractivity contribution is -0.144. The minimum absolute atomic E-state index is 0.0150. The van der Waals surface area contributed by atoms with Crippen molar-refractivity contribution in [2.45, 2.75) is 71.8 Å². The lowest BCUT2D eigenvalue weighted by Gasteiger charge is -2.37. The zero-order chi connectivity index (χ0) is 44.8. The molecule has 2 aliphatic heterocycles. The van der Waals surface area contributed by atoms with Crippen molar-refractivity contribution < 1.29 is 24.6 Å². The molecule has 0 bridgehead atoms. The van der Waals surface area contributed by atoms with E-state index in [1.54, 1.807) is 29.5 Å². The number of likely N-dealkylation sites (tertiary alicyclic amines) is 1. The SMILES string of the molecule is Cc1ncsc1-c1ccc(CNC(=O)[C@@H]2C[C@@H](O)CN2C(=O)[C@@H](NC(=O)CCN(C)Cc2ccc(N3CCN(c4cc(-c5ccccc5O)nnc4N)CC3)cc2)C(C)(C)C)cc1. The molecular formula is C47H58N10O5S. The number of nitrogens with zero attached hydrogens (tertiary/aromatic N) is 7. The molecule has 3 amide bonds. The number of β-amino-alcohol motifs (C(OH)–C–C–N with tert-alkyl or cyclic N) is 1. The number of aliphatic hydroxyl groups is 1. The molecule has 3 aromatic carbocycles. The average Bonchev–Trinajstić information content (AvgIpc) is 3.89. The molecule has 0 unspecified atom stereocenters. The van der Waals surface area contributed by atoms with E-state index >= 15 is 0 Å². The van der Waals surface area contributed by atoms with Crippen molar-refractivity contribution in [3.8, 4) is 27.4 Å². The molecule has 2 saturated heterocycles. The molecule has 15 nitrogen and oxygen atoms in total. The molecule has 5 aromatic rings. The largest absolute Gasteiger partial charge is 0.507 e. The number of nitrogens with two attached hydrogens (primary N) is 1. The molecule has 2 fully saturated rings. The molecule has 0 spiro atoms. The highest BCUT2D eigenvalue weighted by Gasteiger charge is 2.44. The van der Waals surface area contributed by atoms with Crippen LogP contribution in [0.15, 0.2) is 84.4 Å². The van der Waals surface area contributed by atoms with Crippen molar-refractivity contribution in [3.05, 3.63) is 101 Å². The topological polar surface area (TPSA) is 193 Å². The predicted octanol–water partition coefficient (Wildman–Crippen LogP) is 4.82. The Morgan fingerprint density at radius 3 is 2.30 bits per heavy atom. The van der Waals surface area contributed by atoms with Crippen LogP contribution in [0.1, 0.15) is 50.4 Å². The smallest absolute Gasteiger partial charge is 0.246 e. The molecule has 7 rings (SSSR count). The van der Waals surface area contributed by atoms with Gasteiger partial charge in [0.15, 0.2) is 5.82 Å². The van der Waals surface area contributed by atoms with Crippen molar-refractivity contribution in [3.63, 3.8) is 0 Å². The number of rotatable bonds is 14. The van der Waals surface area contributed by atoms with Crippen molar-refractivity contribution in [2.75, 3.05) is 61.8 Å². The maximum Gasteiger partial charge on any atom is 0.246 e. The monoisotopic (exact) mass is 874 g/mol. The molecule has 3 atom stereocenters. The highest BCUT2D eigenvalue weighted by molar-refractivity contribution is 7.13. The molecule has 0 aliphatic carbocycles. The Balaban J connectivity index is 0.875. The minimum Gasteiger partial charge on any atom is -0.507 e. The van der Waals surface area contributed by atoms with Gasteiger partial charge in [-0.15, -0.1) is 21.5 Å². The number of para-hydroxylation sites is 1. The maximum atomic E-state index is 14.1. The fraction of sp³-hybridized carbons (Fsp3) is 0.404. The Bertz CT molecular complexity index is 2380. The lowest BCUT2D eigenvalue weighted by atomic mass is 9.85. The summed E-state index contributed by atoms with van der Waals surface area (Å²) in [6.07, 6.45) is -0.548. The van der Waals surface area contributed by atoms with Crippen LogP contribution in [0.4, 0.5) is 17.2 Å². The van der Waals surface area contributed by atoms with Crippen LogP contribution in [0.2, 0.25) is 0 Å². The summed E-state index contributed by atoms with van der Waals surface area (Å²) in [6, 6.07) is 23.6. The summed E-state index contributed by atoms with van der Waals surface area (Å²) in [6.45, 7) is 12.1. The molecule has 0 saturated carbocycles. The summed E-state index contributed by atoms with van der Waals surface area (Å²) >= 11 is 1.58. The molecule has 2 aliphatic rings. The van der Waals surface area contributed by atoms with Gasteiger partial charge in [-0.3, -0.25) is 14.4 Å². The number of aromatic hydroxyl groups is 1. The zero-order valence-corrected chi connectivity index (χ0v) is 37.4. The molecular weight excluding hydrogens is 817 g/mol. The second-order valence-corrected chi connectivity index (χ2v) is 18.4. The highest BCUT2D eigenvalue weighted by Crippen LogP contribution is 2.33. The van der Waals surface area contributed by atoms with E-state index < -0.39 is 23.6 Å². The molecule has 4 heterocycles. The highest BCUT2D eigenvalue weighted by atomic mass is 32.1. The first-order valence-electron chi connectivity index (χ1n) is 21.4. The zero-order valence-electron chi connectivity index (χ0n) is 36.6. The number of aromatic nitrogens is 3. The van der Waals surface area contributed by atoms with Crippen LogP contribution in [-0.4, -0.2) is 117 Å². The number of carbonyl (C=O) groups excluding carboxylic acids is 3. The van der Waals surface area contributed by atoms with Crippen LogP contribution in [0.5, 0.6) is 5.75 Å². The number of aryl methyl sites for hydroxylation is 1. The Labute approximate surface area is 372 Å². The Kier molecular flexibility index (Phi) is 13.9. The van der Waals surface area contributed by atoms with Crippen LogP contribution in [-0.2, 0) is 27.5 Å². The first kappa shape index (κ1) is 44.9. The van der Waals surface area contributed by atoms with Gasteiger partial charge in [0.2, 0.25) is 17.7 Å². The number of thiazole rings is 1. The third kappa shape index (κ3) is 10.9. The van der Waals surface area contributed by atoms with E-state index in [1.807, 2.05) is 76.7 Å². The normalized spacial score (nSPS) is 17.2. The quantitative estimate of drug-likeness (QED) is 0.102. The summed E-state index contributed by atoms with van der Waals surface area (Å²) in [5.74, 6) is -0.499. The minimum atomic E-state index is -0.895. The van der Waals surface area contributed by atoms with Gasteiger partial charge in [0.1, 0.15) is 17.8 Å². The molecule has 0 radical (unpaired) electrons. The van der Waals surface area contributed by atoms with Crippen molar-refractivity contribution >= 4 is 46.3 Å². The van der Waals surface area contributed by atoms with Gasteiger partial charge in [-0.1, -0.05) is 69.3 Å². The van der Waals surface area contributed by atoms with E-state index in [0.29, 0.717) is 30.2 Å². The number of amides is 3. The number of piperazine rings is 1. The van der Waals surface area contributed by atoms with Gasteiger partial charge in [0.05, 0.1) is 33.6 Å². The summed E-state index contributed by atoms with van der Waals surface area (Å²) < 4.78 is 0. The van der Waals surface area contributed by atoms with Crippen molar-refractivity contribution in [2.24, 2.45) is 5.41 Å². The van der Waals surface area contributed by atoms with Crippen LogP contribution in [0, 0.1) is 12.3 Å². The number of nitrogens with one attached hydrogen (secondary N) is 2. The fourth-order valence-electron chi connectivity index (χ4n) is 8.18. The van der Waals surface area contributed by atoms with Gasteiger partial charge in [0, 0.05) is 76.5 Å². The predicted molar refractivity (Wildman–Crippen MR) is 247 cm³/mol. The van der Waals surface area contributed by atoms with E-state index in [2.05, 4.69) is 64.8 Å². The molecule has 16 heteroatoms. The standard InChI is InChI=1S/C47H58N10O5S/c1-30-42(63-29-50-30)33-14-10-31(11-15-33)26-49-45(61)39-24-35(58)28-57(39)46(62)43(47(2,3)4)51-41(60)18-19-54(5)27-32-12-16-34(17-13-32)55-20-22-56(23-21-55)38-25-37(52-53-44(38)48)36-8-6-7-9-40(36)59/h6-17,25,29,35,39,43,58-59H,18-24,26-28H2,1-5H3,(H2,48,53)(H,49,61)(H,51,60)/t35-,39+,43-/m1/s1. The van der Waals surface area contributed by atoms with Gasteiger partial charge in [-0.05, 0) is 66.4 Å². The van der Waals surface area contributed by atoms with Gasteiger partial charge >= 0.3 is 0 Å². The number of anilines is 3. The number of benzene rings is 3. The van der Waals surface area contributed by atoms with E-state index in [9.17, 15) is 24.6 Å². The molecule has 332 valence electrons. The number of hydrogen-bond acceptors (Lipinski definition) is 13. The number of nitrogen functional groups attached to an aromatic ring is 1. The molecule has 2 aromatic heterocycles. The number of phenols is 1. The van der Waals surface area contributed by atoms with Gasteiger partial charge < -0.3 is 46.2 Å². The molecule has 6 N–H and O–H groups in total. The summed E-state index contributed by atoms with van der Waals surface area (Å²) in [4.78, 5) is 54.5. The first-order valence-corrected chi connectivity index (χ1v) is 22.3. The van der Waals surface area contributed by atoms with E-state index in [0.717, 1.165) is 64.8 Å². The summed E-state index contributed by atoms with van der Waals surface area (Å²) in [7, 11) is 1.96. The van der Waals surface area contributed by atoms with E-state index in [-0.39, 0.29) is 49.4 Å². The second-order valence-electron chi connectivity index (χ2n) is 17.6. The van der Waals surface area contributed by atoms with Crippen molar-refractivity contribution in [1.29, 1.82) is 0 Å². The Morgan fingerprint density at radius 1 is 0.952 bits per heavy atom. The number of hydrogen-bond donors (Lipinski definition) is 5. The number of aliphatic hydroxyl groups excluding tert-OH is 1. The van der Waals surface area contributed by atoms with E-state index in [4.69, 9.17) is 5.73 Å². The van der Waals surface area contributed by atoms with Crippen LogP contribution < -0.4 is 26.2 Å². The van der Waals surface area contributed by atoms with Gasteiger partial charge in [-0.25, -0.2) is 4.98 Å². The fourth-order valence-corrected chi connectivity index (χ4v) is 8.99. The third-order valence-corrected chi connectivity index (χ3v) is 12.8. The third-order valence-electron chi connectivity index (χ3n) is 11.8. The van der Waals surface area contributed by atoms with Crippen molar-refractivity contribution in [1.82, 2.24) is 35.6 Å². The second kappa shape index (κ2) is 19.5. The number of carbonyl (C=O) groups is 3. The van der Waals surface area contributed by atoms with E-state index in [1.165, 1.54) is 4.90 Å².